The van der Waals surface area contributed by atoms with Gasteiger partial charge in [0, 0.05) is 33.7 Å². The summed E-state index contributed by atoms with van der Waals surface area (Å²) < 4.78 is 89.2. The summed E-state index contributed by atoms with van der Waals surface area (Å²) in [6.45, 7) is 6.53. The molecule has 0 radical (unpaired) electrons. The first-order valence-electron chi connectivity index (χ1n) is 10.4. The highest BCUT2D eigenvalue weighted by Crippen LogP contribution is 2.43. The van der Waals surface area contributed by atoms with Gasteiger partial charge in [-0.15, -0.1) is 0 Å². The minimum absolute atomic E-state index is 0.132. The highest BCUT2D eigenvalue weighted by atomic mass is 32.3. The van der Waals surface area contributed by atoms with Crippen LogP contribution < -0.4 is 8.61 Å². The fraction of sp³-hybridized carbons (Fsp3) is 0.125. The van der Waals surface area contributed by atoms with Crippen LogP contribution in [0, 0.1) is 0 Å². The molecule has 12 heteroatoms. The standard InChI is InChI=1S/C24H19F3N2O5S2/c1-3-35(31,32)29(36(33,34)4-2)20-12-13-21-22-18(20)6-5-7-19(22)23(30)28(21)15-14-16-8-10-17(11-9-16)24(25,26)27/h3-13H,1-2,14-15H2. The van der Waals surface area contributed by atoms with Crippen LogP contribution in [0.15, 0.2) is 78.6 Å². The lowest BCUT2D eigenvalue weighted by molar-refractivity contribution is -0.137. The molecule has 0 saturated heterocycles. The molecule has 1 amide bonds. The summed E-state index contributed by atoms with van der Waals surface area (Å²) in [5.74, 6) is -0.399. The molecular weight excluding hydrogens is 517 g/mol. The van der Waals surface area contributed by atoms with Gasteiger partial charge in [-0.05, 0) is 42.3 Å². The second-order valence-electron chi connectivity index (χ2n) is 7.85. The van der Waals surface area contributed by atoms with Gasteiger partial charge in [0.1, 0.15) is 0 Å². The van der Waals surface area contributed by atoms with E-state index in [1.54, 1.807) is 0 Å². The van der Waals surface area contributed by atoms with Gasteiger partial charge in [0.25, 0.3) is 26.0 Å². The Kier molecular flexibility index (Phi) is 6.21. The third-order valence-electron chi connectivity index (χ3n) is 5.75. The van der Waals surface area contributed by atoms with Crippen LogP contribution in [0.25, 0.3) is 10.8 Å². The highest BCUT2D eigenvalue weighted by molar-refractivity contribution is 8.12. The molecule has 0 bridgehead atoms. The summed E-state index contributed by atoms with van der Waals surface area (Å²) in [6.07, 6.45) is -4.20. The van der Waals surface area contributed by atoms with Crippen molar-refractivity contribution in [2.45, 2.75) is 12.6 Å². The largest absolute Gasteiger partial charge is 0.416 e. The van der Waals surface area contributed by atoms with Crippen molar-refractivity contribution in [3.8, 4) is 0 Å². The number of amides is 1. The number of hydrogen-bond donors (Lipinski definition) is 0. The first kappa shape index (κ1) is 25.5. The van der Waals surface area contributed by atoms with Gasteiger partial charge in [0.15, 0.2) is 0 Å². The summed E-state index contributed by atoms with van der Waals surface area (Å²) in [5, 5.41) is 1.56. The van der Waals surface area contributed by atoms with Gasteiger partial charge >= 0.3 is 6.18 Å². The molecule has 0 N–H and O–H groups in total. The lowest BCUT2D eigenvalue weighted by atomic mass is 10.0. The third kappa shape index (κ3) is 4.26. The maximum Gasteiger partial charge on any atom is 0.416 e. The fourth-order valence-corrected chi connectivity index (χ4v) is 6.73. The summed E-state index contributed by atoms with van der Waals surface area (Å²) >= 11 is 0. The predicted octanol–water partition coefficient (Wildman–Crippen LogP) is 4.81. The third-order valence-corrected chi connectivity index (χ3v) is 9.15. The maximum absolute atomic E-state index is 13.2. The number of alkyl halides is 3. The van der Waals surface area contributed by atoms with Crippen LogP contribution in [-0.2, 0) is 32.6 Å². The molecule has 3 aromatic carbocycles. The van der Waals surface area contributed by atoms with Crippen LogP contribution in [-0.4, -0.2) is 29.3 Å². The van der Waals surface area contributed by atoms with Crippen LogP contribution in [0.1, 0.15) is 21.5 Å². The van der Waals surface area contributed by atoms with E-state index in [9.17, 15) is 34.8 Å². The highest BCUT2D eigenvalue weighted by Gasteiger charge is 2.36. The smallest absolute Gasteiger partial charge is 0.307 e. The van der Waals surface area contributed by atoms with Crippen molar-refractivity contribution in [1.82, 2.24) is 0 Å². The SMILES string of the molecule is C=CS(=O)(=O)N(c1ccc2c3c(cccc13)C(=O)N2CCc1ccc(C(F)(F)F)cc1)S(=O)(=O)C=C. The molecular formula is C24H19F3N2O5S2. The maximum atomic E-state index is 13.2. The van der Waals surface area contributed by atoms with E-state index >= 15 is 0 Å². The van der Waals surface area contributed by atoms with Crippen LogP contribution in [0.2, 0.25) is 0 Å². The quantitative estimate of drug-likeness (QED) is 0.412. The Morgan fingerprint density at radius 3 is 2.06 bits per heavy atom. The van der Waals surface area contributed by atoms with Crippen molar-refractivity contribution in [3.63, 3.8) is 0 Å². The zero-order valence-corrected chi connectivity index (χ0v) is 20.2. The van der Waals surface area contributed by atoms with Crippen molar-refractivity contribution in [2.24, 2.45) is 0 Å². The van der Waals surface area contributed by atoms with E-state index in [4.69, 9.17) is 0 Å². The Labute approximate surface area is 205 Å². The molecule has 36 heavy (non-hydrogen) atoms. The van der Waals surface area contributed by atoms with Crippen LogP contribution in [0.4, 0.5) is 24.5 Å². The average Bonchev–Trinajstić information content (AvgIpc) is 3.11. The van der Waals surface area contributed by atoms with E-state index in [2.05, 4.69) is 13.2 Å². The van der Waals surface area contributed by atoms with Crippen molar-refractivity contribution in [1.29, 1.82) is 0 Å². The Balaban J connectivity index is 1.76. The van der Waals surface area contributed by atoms with Crippen LogP contribution in [0.5, 0.6) is 0 Å². The molecule has 1 heterocycles. The number of anilines is 2. The number of carbonyl (C=O) groups is 1. The molecule has 0 aromatic heterocycles. The number of hydrogen-bond acceptors (Lipinski definition) is 5. The number of carbonyl (C=O) groups excluding carboxylic acids is 1. The zero-order valence-electron chi connectivity index (χ0n) is 18.6. The molecule has 0 atom stereocenters. The molecule has 3 aromatic rings. The van der Waals surface area contributed by atoms with Gasteiger partial charge in [0.2, 0.25) is 0 Å². The van der Waals surface area contributed by atoms with Crippen molar-refractivity contribution in [2.75, 3.05) is 15.2 Å². The van der Waals surface area contributed by atoms with Gasteiger partial charge < -0.3 is 4.90 Å². The minimum Gasteiger partial charge on any atom is -0.307 e. The summed E-state index contributed by atoms with van der Waals surface area (Å²) in [7, 11) is -9.02. The zero-order chi connectivity index (χ0) is 26.5. The van der Waals surface area contributed by atoms with E-state index in [0.29, 0.717) is 27.5 Å². The molecule has 188 valence electrons. The van der Waals surface area contributed by atoms with Gasteiger partial charge in [-0.1, -0.05) is 37.4 Å². The Morgan fingerprint density at radius 1 is 0.889 bits per heavy atom. The minimum atomic E-state index is -4.51. The number of nitrogens with zero attached hydrogens (tertiary/aromatic N) is 2. The Hall–Kier alpha value is -3.64. The summed E-state index contributed by atoms with van der Waals surface area (Å²) in [4.78, 5) is 14.6. The van der Waals surface area contributed by atoms with Crippen molar-refractivity contribution >= 4 is 48.1 Å². The number of benzene rings is 3. The van der Waals surface area contributed by atoms with Crippen LogP contribution >= 0.6 is 0 Å². The second kappa shape index (κ2) is 8.79. The van der Waals surface area contributed by atoms with E-state index in [-0.39, 0.29) is 33.3 Å². The van der Waals surface area contributed by atoms with Crippen LogP contribution in [0.3, 0.4) is 0 Å². The Bertz CT molecular complexity index is 1580. The normalized spacial score (nSPS) is 13.8. The molecule has 0 unspecified atom stereocenters. The molecule has 0 saturated carbocycles. The summed E-state index contributed by atoms with van der Waals surface area (Å²) in [5.41, 5.74) is 0.270. The number of sulfonamides is 2. The van der Waals surface area contributed by atoms with E-state index in [1.807, 2.05) is 0 Å². The number of halogens is 3. The average molecular weight is 537 g/mol. The van der Waals surface area contributed by atoms with E-state index in [1.165, 1.54) is 47.4 Å². The van der Waals surface area contributed by atoms with Crippen molar-refractivity contribution in [3.05, 3.63) is 95.3 Å². The molecule has 1 aliphatic heterocycles. The lowest BCUT2D eigenvalue weighted by Crippen LogP contribution is -2.34. The number of rotatable bonds is 8. The molecule has 4 rings (SSSR count). The fourth-order valence-electron chi connectivity index (χ4n) is 4.07. The Morgan fingerprint density at radius 2 is 1.50 bits per heavy atom. The van der Waals surface area contributed by atoms with Gasteiger partial charge in [-0.3, -0.25) is 4.79 Å². The van der Waals surface area contributed by atoms with E-state index < -0.39 is 37.7 Å². The van der Waals surface area contributed by atoms with Gasteiger partial charge in [-0.2, -0.15) is 16.9 Å². The molecule has 1 aliphatic rings. The molecule has 0 spiro atoms. The monoisotopic (exact) mass is 536 g/mol. The first-order chi connectivity index (χ1) is 16.8. The first-order valence-corrected chi connectivity index (χ1v) is 13.4. The topological polar surface area (TPSA) is 91.8 Å². The lowest BCUT2D eigenvalue weighted by Gasteiger charge is -2.23. The predicted molar refractivity (Wildman–Crippen MR) is 131 cm³/mol. The van der Waals surface area contributed by atoms with Gasteiger partial charge in [-0.25, -0.2) is 16.8 Å². The summed E-state index contributed by atoms with van der Waals surface area (Å²) in [6, 6.07) is 11.9. The van der Waals surface area contributed by atoms with Crippen molar-refractivity contribution < 1.29 is 34.8 Å². The molecule has 0 aliphatic carbocycles. The van der Waals surface area contributed by atoms with Gasteiger partial charge in [0.05, 0.1) is 16.9 Å². The molecule has 0 fully saturated rings. The van der Waals surface area contributed by atoms with E-state index in [0.717, 1.165) is 12.1 Å². The second-order valence-corrected chi connectivity index (χ2v) is 11.5. The molecule has 7 nitrogen and oxygen atoms in total.